The summed E-state index contributed by atoms with van der Waals surface area (Å²) in [6.45, 7) is 7.32. The average Bonchev–Trinajstić information content (AvgIpc) is 3.01. The van der Waals surface area contributed by atoms with Crippen LogP contribution in [0, 0.1) is 0 Å². The lowest BCUT2D eigenvalue weighted by atomic mass is 10.1. The van der Waals surface area contributed by atoms with E-state index in [1.807, 2.05) is 0 Å². The third-order valence-corrected chi connectivity index (χ3v) is 9.89. The number of aromatic amines is 1. The van der Waals surface area contributed by atoms with Gasteiger partial charge in [0.2, 0.25) is 5.56 Å². The maximum atomic E-state index is 12.7. The molecule has 5 rings (SSSR count). The molecular formula is C31H40N4O5S2. The van der Waals surface area contributed by atoms with Crippen molar-refractivity contribution in [3.05, 3.63) is 58.9 Å². The molecular weight excluding hydrogens is 572 g/mol. The molecule has 0 bridgehead atoms. The zero-order chi connectivity index (χ0) is 29.3. The quantitative estimate of drug-likeness (QED) is 0.212. The molecule has 2 aliphatic rings. The molecule has 1 unspecified atom stereocenters. The van der Waals surface area contributed by atoms with E-state index in [4.69, 9.17) is 18.9 Å². The molecule has 2 aromatic carbocycles. The number of H-pyrrole nitrogens is 1. The average molecular weight is 613 g/mol. The molecule has 1 aromatic heterocycles. The van der Waals surface area contributed by atoms with Crippen molar-refractivity contribution in [1.29, 1.82) is 0 Å². The molecule has 0 aliphatic carbocycles. The number of anilines is 2. The van der Waals surface area contributed by atoms with Gasteiger partial charge in [0.15, 0.2) is 0 Å². The molecule has 2 N–H and O–H groups in total. The van der Waals surface area contributed by atoms with Crippen molar-refractivity contribution >= 4 is 34.9 Å². The summed E-state index contributed by atoms with van der Waals surface area (Å²) in [6, 6.07) is 16.7. The Hall–Kier alpha value is -2.51. The van der Waals surface area contributed by atoms with Crippen LogP contribution >= 0.6 is 23.5 Å². The molecule has 0 spiro atoms. The van der Waals surface area contributed by atoms with E-state index >= 15 is 0 Å². The van der Waals surface area contributed by atoms with E-state index in [0.717, 1.165) is 60.3 Å². The molecule has 1 saturated heterocycles. The number of fused-ring (bicyclic) bond motifs is 2. The van der Waals surface area contributed by atoms with Crippen molar-refractivity contribution < 1.29 is 18.9 Å². The molecule has 1 atom stereocenters. The second kappa shape index (κ2) is 15.3. The van der Waals surface area contributed by atoms with Crippen LogP contribution in [0.3, 0.4) is 0 Å². The maximum Gasteiger partial charge on any atom is 0.250 e. The van der Waals surface area contributed by atoms with Crippen LogP contribution in [0.2, 0.25) is 0 Å². The van der Waals surface area contributed by atoms with Gasteiger partial charge in [0, 0.05) is 96.6 Å². The molecule has 2 aliphatic heterocycles. The van der Waals surface area contributed by atoms with Crippen molar-refractivity contribution in [3.63, 3.8) is 0 Å². The molecule has 3 aromatic rings. The van der Waals surface area contributed by atoms with E-state index in [1.54, 1.807) is 50.9 Å². The summed E-state index contributed by atoms with van der Waals surface area (Å²) in [6.07, 6.45) is 0. The molecule has 42 heavy (non-hydrogen) atoms. The van der Waals surface area contributed by atoms with E-state index in [0.29, 0.717) is 33.0 Å². The van der Waals surface area contributed by atoms with Gasteiger partial charge in [-0.15, -0.1) is 0 Å². The summed E-state index contributed by atoms with van der Waals surface area (Å²) in [5.41, 5.74) is 3.78. The largest absolute Gasteiger partial charge is 0.383 e. The molecule has 11 heteroatoms. The van der Waals surface area contributed by atoms with Gasteiger partial charge in [-0.05, 0) is 30.3 Å². The van der Waals surface area contributed by atoms with Crippen LogP contribution in [0.25, 0.3) is 11.3 Å². The zero-order valence-corrected chi connectivity index (χ0v) is 26.2. The molecule has 0 amide bonds. The predicted molar refractivity (Wildman–Crippen MR) is 170 cm³/mol. The first-order valence-corrected chi connectivity index (χ1v) is 15.9. The highest BCUT2D eigenvalue weighted by molar-refractivity contribution is 8.05. The number of morpholine rings is 1. The highest BCUT2D eigenvalue weighted by Crippen LogP contribution is 2.52. The van der Waals surface area contributed by atoms with Crippen LogP contribution in [0.1, 0.15) is 0 Å². The van der Waals surface area contributed by atoms with Gasteiger partial charge in [-0.3, -0.25) is 9.69 Å². The first-order chi connectivity index (χ1) is 20.6. The lowest BCUT2D eigenvalue weighted by Crippen LogP contribution is -2.42. The number of nitrogens with zero attached hydrogens (tertiary/aromatic N) is 2. The van der Waals surface area contributed by atoms with Crippen molar-refractivity contribution in [2.75, 3.05) is 97.3 Å². The van der Waals surface area contributed by atoms with Crippen LogP contribution in [0.15, 0.2) is 72.9 Å². The van der Waals surface area contributed by atoms with Crippen molar-refractivity contribution in [2.45, 2.75) is 25.6 Å². The highest BCUT2D eigenvalue weighted by Gasteiger charge is 2.23. The first-order valence-electron chi connectivity index (χ1n) is 14.2. The van der Waals surface area contributed by atoms with Crippen LogP contribution < -0.4 is 15.8 Å². The van der Waals surface area contributed by atoms with Gasteiger partial charge in [-0.2, -0.15) is 0 Å². The number of rotatable bonds is 14. The lowest BCUT2D eigenvalue weighted by molar-refractivity contribution is 0.100. The minimum Gasteiger partial charge on any atom is -0.383 e. The first kappa shape index (κ1) is 30.9. The Morgan fingerprint density at radius 1 is 0.952 bits per heavy atom. The van der Waals surface area contributed by atoms with Gasteiger partial charge in [-0.1, -0.05) is 35.7 Å². The fourth-order valence-electron chi connectivity index (χ4n) is 5.21. The van der Waals surface area contributed by atoms with Gasteiger partial charge in [0.1, 0.15) is 0 Å². The minimum atomic E-state index is -0.0928. The van der Waals surface area contributed by atoms with Crippen LogP contribution in [-0.2, 0) is 18.9 Å². The second-order valence-electron chi connectivity index (χ2n) is 10.3. The third-order valence-electron chi connectivity index (χ3n) is 7.29. The van der Waals surface area contributed by atoms with Crippen LogP contribution in [0.4, 0.5) is 11.4 Å². The smallest absolute Gasteiger partial charge is 0.250 e. The van der Waals surface area contributed by atoms with Crippen LogP contribution in [-0.4, -0.2) is 103 Å². The van der Waals surface area contributed by atoms with E-state index < -0.39 is 0 Å². The highest BCUT2D eigenvalue weighted by atomic mass is 32.2. The predicted octanol–water partition coefficient (Wildman–Crippen LogP) is 4.52. The number of benzene rings is 2. The third kappa shape index (κ3) is 7.90. The number of hydrogen-bond acceptors (Lipinski definition) is 10. The Balaban J connectivity index is 1.34. The van der Waals surface area contributed by atoms with E-state index in [9.17, 15) is 4.79 Å². The Bertz CT molecular complexity index is 1370. The fourth-order valence-corrected chi connectivity index (χ4v) is 7.62. The number of pyridine rings is 1. The molecule has 0 saturated carbocycles. The normalized spacial score (nSPS) is 15.4. The Morgan fingerprint density at radius 3 is 2.48 bits per heavy atom. The Labute approximate surface area is 256 Å². The topological polar surface area (TPSA) is 88.3 Å². The summed E-state index contributed by atoms with van der Waals surface area (Å²) in [4.78, 5) is 25.1. The number of aromatic nitrogens is 1. The monoisotopic (exact) mass is 612 g/mol. The Morgan fingerprint density at radius 2 is 1.74 bits per heavy atom. The van der Waals surface area contributed by atoms with Crippen LogP contribution in [0.5, 0.6) is 0 Å². The molecule has 0 radical (unpaired) electrons. The summed E-state index contributed by atoms with van der Waals surface area (Å²) in [5.74, 6) is 0. The van der Waals surface area contributed by atoms with Gasteiger partial charge in [0.25, 0.3) is 0 Å². The lowest BCUT2D eigenvalue weighted by Gasteiger charge is -2.29. The van der Waals surface area contributed by atoms with Crippen molar-refractivity contribution in [1.82, 2.24) is 9.88 Å². The molecule has 1 fully saturated rings. The summed E-state index contributed by atoms with van der Waals surface area (Å²) >= 11 is 3.52. The SMILES string of the molecule is COCCN(CCOC)CC(COC)Nc1ccc2c(c1)Sc1cccc(-c3cc(N4CCOCC4)cc(=O)[nH]3)c1S2. The fraction of sp³-hybridized carbons (Fsp3) is 0.452. The van der Waals surface area contributed by atoms with E-state index in [2.05, 4.69) is 62.6 Å². The second-order valence-corrected chi connectivity index (χ2v) is 12.4. The van der Waals surface area contributed by atoms with Gasteiger partial charge < -0.3 is 34.1 Å². The standard InChI is InChI=1S/C31H40N4O5S2/c1-37-13-9-34(10-14-38-2)20-23(21-39-3)32-22-7-8-27-29(17-22)41-28-6-4-5-25(31(28)42-27)26-18-24(19-30(36)33-26)35-11-15-40-16-12-35/h4-8,17-19,23,32H,9-16,20-21H2,1-3H3,(H,33,36). The summed E-state index contributed by atoms with van der Waals surface area (Å²) in [5, 5.41) is 3.69. The summed E-state index contributed by atoms with van der Waals surface area (Å²) < 4.78 is 21.7. The number of ether oxygens (including phenoxy) is 4. The van der Waals surface area contributed by atoms with Crippen molar-refractivity contribution in [3.8, 4) is 11.3 Å². The maximum absolute atomic E-state index is 12.7. The van der Waals surface area contributed by atoms with E-state index in [1.165, 1.54) is 14.7 Å². The molecule has 226 valence electrons. The summed E-state index contributed by atoms with van der Waals surface area (Å²) in [7, 11) is 5.19. The van der Waals surface area contributed by atoms with Crippen molar-refractivity contribution in [2.24, 2.45) is 0 Å². The molecule has 9 nitrogen and oxygen atoms in total. The van der Waals surface area contributed by atoms with Gasteiger partial charge in [0.05, 0.1) is 44.8 Å². The zero-order valence-electron chi connectivity index (χ0n) is 24.5. The van der Waals surface area contributed by atoms with E-state index in [-0.39, 0.29) is 11.6 Å². The molecule has 3 heterocycles. The number of nitrogens with one attached hydrogen (secondary N) is 2. The number of methoxy groups -OCH3 is 3. The number of hydrogen-bond donors (Lipinski definition) is 2. The minimum absolute atomic E-state index is 0.0928. The van der Waals surface area contributed by atoms with Gasteiger partial charge in [-0.25, -0.2) is 0 Å². The Kier molecular flexibility index (Phi) is 11.3. The van der Waals surface area contributed by atoms with Gasteiger partial charge >= 0.3 is 0 Å².